The molecule has 0 aliphatic rings. The second kappa shape index (κ2) is 5.88. The zero-order chi connectivity index (χ0) is 13.9. The molecular weight excluding hydrogens is 284 g/mol. The van der Waals surface area contributed by atoms with Gasteiger partial charge in [0, 0.05) is 5.69 Å². The minimum atomic E-state index is -0.955. The molecule has 8 heteroatoms. The van der Waals surface area contributed by atoms with Crippen LogP contribution in [-0.4, -0.2) is 18.0 Å². The first-order chi connectivity index (χ1) is 8.31. The number of amides is 3. The van der Waals surface area contributed by atoms with E-state index in [2.05, 4.69) is 5.32 Å². The molecule has 1 unspecified atom stereocenters. The highest BCUT2D eigenvalue weighted by molar-refractivity contribution is 6.35. The molecule has 1 atom stereocenters. The van der Waals surface area contributed by atoms with E-state index in [0.717, 1.165) is 0 Å². The number of carbonyl (C=O) groups excluding carboxylic acids is 2. The van der Waals surface area contributed by atoms with Gasteiger partial charge in [0.1, 0.15) is 6.04 Å². The molecule has 0 aliphatic carbocycles. The SMILES string of the molecule is CC(Nc1cc(Cl)c(F)c(Cl)c1)C(=O)NC(N)=O. The second-order valence-electron chi connectivity index (χ2n) is 3.47. The van der Waals surface area contributed by atoms with Gasteiger partial charge in [-0.1, -0.05) is 23.2 Å². The van der Waals surface area contributed by atoms with E-state index in [9.17, 15) is 14.0 Å². The molecule has 0 saturated heterocycles. The Morgan fingerprint density at radius 1 is 1.33 bits per heavy atom. The van der Waals surface area contributed by atoms with Gasteiger partial charge in [-0.3, -0.25) is 10.1 Å². The van der Waals surface area contributed by atoms with E-state index < -0.39 is 23.8 Å². The summed E-state index contributed by atoms with van der Waals surface area (Å²) in [4.78, 5) is 21.9. The molecule has 0 aromatic heterocycles. The van der Waals surface area contributed by atoms with Gasteiger partial charge in [-0.05, 0) is 19.1 Å². The molecule has 0 spiro atoms. The maximum absolute atomic E-state index is 13.1. The Balaban J connectivity index is 2.79. The van der Waals surface area contributed by atoms with Crippen LogP contribution >= 0.6 is 23.2 Å². The summed E-state index contributed by atoms with van der Waals surface area (Å²) in [6.07, 6.45) is 0. The fourth-order valence-electron chi connectivity index (χ4n) is 1.18. The van der Waals surface area contributed by atoms with Crippen LogP contribution in [0.25, 0.3) is 0 Å². The standard InChI is InChI=1S/C10H10Cl2FN3O2/c1-4(9(17)16-10(14)18)15-5-2-6(11)8(13)7(12)3-5/h2-4,15H,1H3,(H3,14,16,17,18). The maximum Gasteiger partial charge on any atom is 0.318 e. The summed E-state index contributed by atoms with van der Waals surface area (Å²) >= 11 is 11.2. The van der Waals surface area contributed by atoms with Crippen molar-refractivity contribution < 1.29 is 14.0 Å². The first-order valence-corrected chi connectivity index (χ1v) is 5.58. The van der Waals surface area contributed by atoms with Crippen molar-refractivity contribution in [3.05, 3.63) is 28.0 Å². The average Bonchev–Trinajstić information content (AvgIpc) is 2.24. The molecule has 1 aromatic carbocycles. The van der Waals surface area contributed by atoms with Gasteiger partial charge in [-0.2, -0.15) is 0 Å². The van der Waals surface area contributed by atoms with Gasteiger partial charge in [0.05, 0.1) is 10.0 Å². The lowest BCUT2D eigenvalue weighted by atomic mass is 10.2. The number of hydrogen-bond donors (Lipinski definition) is 3. The van der Waals surface area contributed by atoms with Gasteiger partial charge in [0.15, 0.2) is 5.82 Å². The van der Waals surface area contributed by atoms with Gasteiger partial charge >= 0.3 is 6.03 Å². The molecule has 3 amide bonds. The lowest BCUT2D eigenvalue weighted by Gasteiger charge is -2.14. The van der Waals surface area contributed by atoms with Crippen LogP contribution in [0.15, 0.2) is 12.1 Å². The number of imide groups is 1. The third-order valence-electron chi connectivity index (χ3n) is 2.01. The van der Waals surface area contributed by atoms with Crippen molar-refractivity contribution in [3.8, 4) is 0 Å². The van der Waals surface area contributed by atoms with Crippen molar-refractivity contribution in [2.24, 2.45) is 5.73 Å². The summed E-state index contributed by atoms with van der Waals surface area (Å²) in [6.45, 7) is 1.49. The molecule has 1 rings (SSSR count). The zero-order valence-corrected chi connectivity index (χ0v) is 10.8. The number of nitrogens with two attached hydrogens (primary N) is 1. The minimum Gasteiger partial charge on any atom is -0.374 e. The normalized spacial score (nSPS) is 11.8. The fourth-order valence-corrected chi connectivity index (χ4v) is 1.67. The molecule has 0 bridgehead atoms. The largest absolute Gasteiger partial charge is 0.374 e. The number of nitrogens with one attached hydrogen (secondary N) is 2. The van der Waals surface area contributed by atoms with E-state index in [1.165, 1.54) is 19.1 Å². The number of urea groups is 1. The van der Waals surface area contributed by atoms with Gasteiger partial charge in [0.25, 0.3) is 0 Å². The molecule has 4 N–H and O–H groups in total. The molecule has 5 nitrogen and oxygen atoms in total. The molecule has 0 heterocycles. The molecular formula is C10H10Cl2FN3O2. The fraction of sp³-hybridized carbons (Fsp3) is 0.200. The van der Waals surface area contributed by atoms with Crippen LogP contribution in [0.2, 0.25) is 10.0 Å². The molecule has 0 fully saturated rings. The van der Waals surface area contributed by atoms with Crippen molar-refractivity contribution in [3.63, 3.8) is 0 Å². The van der Waals surface area contributed by atoms with Crippen LogP contribution < -0.4 is 16.4 Å². The number of rotatable bonds is 3. The van der Waals surface area contributed by atoms with Crippen molar-refractivity contribution >= 4 is 40.8 Å². The van der Waals surface area contributed by atoms with Gasteiger partial charge in [-0.15, -0.1) is 0 Å². The predicted octanol–water partition coefficient (Wildman–Crippen LogP) is 2.13. The number of primary amides is 1. The van der Waals surface area contributed by atoms with Crippen LogP contribution in [-0.2, 0) is 4.79 Å². The minimum absolute atomic E-state index is 0.174. The van der Waals surface area contributed by atoms with E-state index in [0.29, 0.717) is 5.69 Å². The molecule has 98 valence electrons. The van der Waals surface area contributed by atoms with Crippen LogP contribution in [0, 0.1) is 5.82 Å². The second-order valence-corrected chi connectivity index (χ2v) is 4.29. The number of halogens is 3. The van der Waals surface area contributed by atoms with Gasteiger partial charge < -0.3 is 11.1 Å². The number of anilines is 1. The maximum atomic E-state index is 13.1. The molecule has 18 heavy (non-hydrogen) atoms. The van der Waals surface area contributed by atoms with Crippen LogP contribution in [0.4, 0.5) is 14.9 Å². The van der Waals surface area contributed by atoms with Crippen molar-refractivity contribution in [2.75, 3.05) is 5.32 Å². The Bertz CT molecular complexity index is 473. The molecule has 0 radical (unpaired) electrons. The highest BCUT2D eigenvalue weighted by Gasteiger charge is 2.15. The highest BCUT2D eigenvalue weighted by atomic mass is 35.5. The van der Waals surface area contributed by atoms with E-state index in [-0.39, 0.29) is 10.0 Å². The van der Waals surface area contributed by atoms with Gasteiger partial charge in [-0.25, -0.2) is 9.18 Å². The van der Waals surface area contributed by atoms with E-state index in [1.54, 1.807) is 0 Å². The average molecular weight is 294 g/mol. The molecule has 1 aromatic rings. The third-order valence-corrected chi connectivity index (χ3v) is 2.56. The summed E-state index contributed by atoms with van der Waals surface area (Å²) in [7, 11) is 0. The number of benzene rings is 1. The smallest absolute Gasteiger partial charge is 0.318 e. The predicted molar refractivity (Wildman–Crippen MR) is 67.2 cm³/mol. The lowest BCUT2D eigenvalue weighted by molar-refractivity contribution is -0.120. The quantitative estimate of drug-likeness (QED) is 0.747. The summed E-state index contributed by atoms with van der Waals surface area (Å²) in [5.41, 5.74) is 5.15. The Hall–Kier alpha value is -1.53. The van der Waals surface area contributed by atoms with E-state index in [1.807, 2.05) is 5.32 Å². The number of carbonyl (C=O) groups is 2. The monoisotopic (exact) mass is 293 g/mol. The van der Waals surface area contributed by atoms with E-state index in [4.69, 9.17) is 28.9 Å². The topological polar surface area (TPSA) is 84.2 Å². The highest BCUT2D eigenvalue weighted by Crippen LogP contribution is 2.27. The lowest BCUT2D eigenvalue weighted by Crippen LogP contribution is -2.43. The van der Waals surface area contributed by atoms with Gasteiger partial charge in [0.2, 0.25) is 5.91 Å². The van der Waals surface area contributed by atoms with Crippen molar-refractivity contribution in [1.82, 2.24) is 5.32 Å². The van der Waals surface area contributed by atoms with Crippen LogP contribution in [0.3, 0.4) is 0 Å². The van der Waals surface area contributed by atoms with Crippen LogP contribution in [0.5, 0.6) is 0 Å². The summed E-state index contributed by atoms with van der Waals surface area (Å²) < 4.78 is 13.1. The molecule has 0 aliphatic heterocycles. The third kappa shape index (κ3) is 3.75. The number of hydrogen-bond acceptors (Lipinski definition) is 3. The summed E-state index contributed by atoms with van der Waals surface area (Å²) in [6, 6.07) is 0.826. The summed E-state index contributed by atoms with van der Waals surface area (Å²) in [5, 5.41) is 4.25. The first kappa shape index (κ1) is 14.5. The first-order valence-electron chi connectivity index (χ1n) is 4.82. The van der Waals surface area contributed by atoms with Crippen LogP contribution in [0.1, 0.15) is 6.92 Å². The Kier molecular flexibility index (Phi) is 4.75. The van der Waals surface area contributed by atoms with E-state index >= 15 is 0 Å². The van der Waals surface area contributed by atoms with Crippen molar-refractivity contribution in [1.29, 1.82) is 0 Å². The Morgan fingerprint density at radius 2 is 1.83 bits per heavy atom. The molecule has 0 saturated carbocycles. The van der Waals surface area contributed by atoms with Crippen molar-refractivity contribution in [2.45, 2.75) is 13.0 Å². The summed E-state index contributed by atoms with van der Waals surface area (Å²) in [5.74, 6) is -1.36. The Morgan fingerprint density at radius 3 is 2.28 bits per heavy atom. The Labute approximate surface area is 112 Å². The zero-order valence-electron chi connectivity index (χ0n) is 9.26.